The molecule has 0 radical (unpaired) electrons. The minimum atomic E-state index is -0.0254. The van der Waals surface area contributed by atoms with Crippen LogP contribution in [-0.2, 0) is 4.79 Å². The Hall–Kier alpha value is -0.670. The van der Waals surface area contributed by atoms with Crippen molar-refractivity contribution in [3.8, 4) is 0 Å². The zero-order chi connectivity index (χ0) is 16.0. The number of anilines is 1. The molecule has 0 unspecified atom stereocenters. The van der Waals surface area contributed by atoms with Crippen LogP contribution in [0.2, 0.25) is 5.02 Å². The summed E-state index contributed by atoms with van der Waals surface area (Å²) in [5, 5.41) is 3.58. The van der Waals surface area contributed by atoms with E-state index in [2.05, 4.69) is 12.2 Å². The van der Waals surface area contributed by atoms with Gasteiger partial charge in [0.15, 0.2) is 0 Å². The minimum absolute atomic E-state index is 0.0254. The van der Waals surface area contributed by atoms with Crippen molar-refractivity contribution >= 4 is 35.0 Å². The van der Waals surface area contributed by atoms with Crippen molar-refractivity contribution in [2.24, 2.45) is 17.8 Å². The fraction of sp³-hybridized carbons (Fsp3) is 0.632. The summed E-state index contributed by atoms with van der Waals surface area (Å²) in [6.07, 6.45) is 8.31. The number of rotatable bonds is 4. The minimum Gasteiger partial charge on any atom is -0.324 e. The van der Waals surface area contributed by atoms with E-state index in [1.54, 1.807) is 0 Å². The maximum Gasteiger partial charge on any atom is 0.237 e. The summed E-state index contributed by atoms with van der Waals surface area (Å²) in [6.45, 7) is 2.05. The number of carbonyl (C=O) groups is 1. The van der Waals surface area contributed by atoms with Gasteiger partial charge in [0.2, 0.25) is 5.91 Å². The molecule has 0 aliphatic heterocycles. The number of para-hydroxylation sites is 1. The van der Waals surface area contributed by atoms with E-state index >= 15 is 0 Å². The maximum atomic E-state index is 12.6. The summed E-state index contributed by atoms with van der Waals surface area (Å²) in [5.41, 5.74) is 0.720. The molecule has 1 atom stereocenters. The highest BCUT2D eigenvalue weighted by Crippen LogP contribution is 2.61. The third-order valence-electron chi connectivity index (χ3n) is 5.91. The molecule has 1 amide bonds. The van der Waals surface area contributed by atoms with Crippen LogP contribution in [0.15, 0.2) is 24.3 Å². The van der Waals surface area contributed by atoms with Crippen molar-refractivity contribution in [3.05, 3.63) is 29.3 Å². The van der Waals surface area contributed by atoms with Crippen LogP contribution in [0.1, 0.15) is 45.4 Å². The Balaban J connectivity index is 1.42. The third-order valence-corrected chi connectivity index (χ3v) is 7.81. The molecular weight excluding hydrogens is 326 g/mol. The van der Waals surface area contributed by atoms with Crippen molar-refractivity contribution in [2.45, 2.75) is 55.4 Å². The van der Waals surface area contributed by atoms with E-state index in [1.807, 2.05) is 36.0 Å². The molecule has 0 aromatic heterocycles. The van der Waals surface area contributed by atoms with Gasteiger partial charge in [0.1, 0.15) is 0 Å². The molecule has 5 rings (SSSR count). The van der Waals surface area contributed by atoms with E-state index in [-0.39, 0.29) is 11.2 Å². The summed E-state index contributed by atoms with van der Waals surface area (Å²) >= 11 is 8.09. The Bertz CT molecular complexity index is 582. The first-order valence-electron chi connectivity index (χ1n) is 8.76. The highest BCUT2D eigenvalue weighted by molar-refractivity contribution is 8.01. The molecule has 4 fully saturated rings. The summed E-state index contributed by atoms with van der Waals surface area (Å²) < 4.78 is 0.367. The molecule has 4 bridgehead atoms. The van der Waals surface area contributed by atoms with E-state index in [1.165, 1.54) is 38.5 Å². The number of benzene rings is 1. The maximum absolute atomic E-state index is 12.6. The number of carbonyl (C=O) groups excluding carboxylic acids is 1. The third kappa shape index (κ3) is 3.15. The lowest BCUT2D eigenvalue weighted by Crippen LogP contribution is -2.49. The summed E-state index contributed by atoms with van der Waals surface area (Å²) in [6, 6.07) is 7.46. The quantitative estimate of drug-likeness (QED) is 0.791. The monoisotopic (exact) mass is 349 g/mol. The van der Waals surface area contributed by atoms with Crippen LogP contribution in [0.5, 0.6) is 0 Å². The lowest BCUT2D eigenvalue weighted by atomic mass is 9.56. The molecular formula is C19H24ClNOS. The van der Waals surface area contributed by atoms with Crippen molar-refractivity contribution in [2.75, 3.05) is 5.32 Å². The molecule has 23 heavy (non-hydrogen) atoms. The average Bonchev–Trinajstić information content (AvgIpc) is 2.47. The molecule has 0 heterocycles. The Kier molecular flexibility index (Phi) is 4.13. The number of hydrogen-bond donors (Lipinski definition) is 1. The Morgan fingerprint density at radius 2 is 1.74 bits per heavy atom. The predicted octanol–water partition coefficient (Wildman–Crippen LogP) is 5.37. The molecule has 1 aromatic carbocycles. The standard InChI is InChI=1S/C19H24ClNOS/c1-12(18(22)21-17-5-3-2-4-16(17)20)23-19-9-13-6-14(10-19)8-15(7-13)11-19/h2-5,12-15H,6-11H2,1H3,(H,21,22)/t12-,13?,14?,15?,19?/m0/s1. The van der Waals surface area contributed by atoms with Gasteiger partial charge in [-0.15, -0.1) is 11.8 Å². The lowest BCUT2D eigenvalue weighted by molar-refractivity contribution is -0.115. The van der Waals surface area contributed by atoms with Crippen molar-refractivity contribution in [1.82, 2.24) is 0 Å². The van der Waals surface area contributed by atoms with Gasteiger partial charge in [-0.3, -0.25) is 4.79 Å². The molecule has 0 spiro atoms. The Morgan fingerprint density at radius 3 is 2.30 bits per heavy atom. The first-order chi connectivity index (χ1) is 11.0. The largest absolute Gasteiger partial charge is 0.324 e. The molecule has 4 aliphatic carbocycles. The van der Waals surface area contributed by atoms with Gasteiger partial charge in [-0.1, -0.05) is 23.7 Å². The molecule has 1 N–H and O–H groups in total. The first-order valence-corrected chi connectivity index (χ1v) is 10.0. The highest BCUT2D eigenvalue weighted by atomic mass is 35.5. The van der Waals surface area contributed by atoms with E-state index in [9.17, 15) is 4.79 Å². The van der Waals surface area contributed by atoms with Gasteiger partial charge in [-0.05, 0) is 75.3 Å². The van der Waals surface area contributed by atoms with E-state index in [0.29, 0.717) is 9.77 Å². The SMILES string of the molecule is C[C@H](SC12CC3CC(CC(C3)C1)C2)C(=O)Nc1ccccc1Cl. The summed E-state index contributed by atoms with van der Waals surface area (Å²) in [5.74, 6) is 2.85. The smallest absolute Gasteiger partial charge is 0.237 e. The second kappa shape index (κ2) is 6.00. The van der Waals surface area contributed by atoms with Gasteiger partial charge in [0.05, 0.1) is 16.0 Å². The molecule has 4 aliphatic rings. The zero-order valence-electron chi connectivity index (χ0n) is 13.6. The Morgan fingerprint density at radius 1 is 1.17 bits per heavy atom. The molecule has 4 saturated carbocycles. The molecule has 4 heteroatoms. The normalized spacial score (nSPS) is 36.0. The highest BCUT2D eigenvalue weighted by Gasteiger charge is 2.52. The molecule has 124 valence electrons. The van der Waals surface area contributed by atoms with Crippen LogP contribution in [0.25, 0.3) is 0 Å². The lowest BCUT2D eigenvalue weighted by Gasteiger charge is -2.57. The molecule has 0 saturated heterocycles. The van der Waals surface area contributed by atoms with E-state index in [4.69, 9.17) is 11.6 Å². The van der Waals surface area contributed by atoms with Crippen molar-refractivity contribution in [1.29, 1.82) is 0 Å². The van der Waals surface area contributed by atoms with Crippen LogP contribution in [0.3, 0.4) is 0 Å². The predicted molar refractivity (Wildman–Crippen MR) is 98.0 cm³/mol. The summed E-state index contributed by atoms with van der Waals surface area (Å²) in [7, 11) is 0. The number of thioether (sulfide) groups is 1. The average molecular weight is 350 g/mol. The van der Waals surface area contributed by atoms with Gasteiger partial charge in [-0.25, -0.2) is 0 Å². The fourth-order valence-electron chi connectivity index (χ4n) is 5.40. The topological polar surface area (TPSA) is 29.1 Å². The van der Waals surface area contributed by atoms with Gasteiger partial charge < -0.3 is 5.32 Å². The van der Waals surface area contributed by atoms with Crippen molar-refractivity contribution < 1.29 is 4.79 Å². The zero-order valence-corrected chi connectivity index (χ0v) is 15.1. The van der Waals surface area contributed by atoms with Crippen molar-refractivity contribution in [3.63, 3.8) is 0 Å². The second-order valence-corrected chi connectivity index (χ2v) is 10.0. The van der Waals surface area contributed by atoms with Crippen LogP contribution in [-0.4, -0.2) is 15.9 Å². The number of nitrogens with one attached hydrogen (secondary N) is 1. The molecule has 2 nitrogen and oxygen atoms in total. The summed E-state index contributed by atoms with van der Waals surface area (Å²) in [4.78, 5) is 12.6. The molecule has 1 aromatic rings. The van der Waals surface area contributed by atoms with E-state index < -0.39 is 0 Å². The number of hydrogen-bond acceptors (Lipinski definition) is 2. The van der Waals surface area contributed by atoms with Crippen LogP contribution < -0.4 is 5.32 Å². The number of amides is 1. The Labute approximate surface area is 147 Å². The van der Waals surface area contributed by atoms with Gasteiger partial charge in [-0.2, -0.15) is 0 Å². The number of halogens is 1. The van der Waals surface area contributed by atoms with E-state index in [0.717, 1.165) is 23.4 Å². The fourth-order valence-corrected chi connectivity index (χ4v) is 7.50. The van der Waals surface area contributed by atoms with Crippen LogP contribution >= 0.6 is 23.4 Å². The first kappa shape index (κ1) is 15.8. The van der Waals surface area contributed by atoms with Gasteiger partial charge in [0.25, 0.3) is 0 Å². The van der Waals surface area contributed by atoms with Gasteiger partial charge >= 0.3 is 0 Å². The van der Waals surface area contributed by atoms with Gasteiger partial charge in [0, 0.05) is 4.75 Å². The van der Waals surface area contributed by atoms with Crippen LogP contribution in [0.4, 0.5) is 5.69 Å². The second-order valence-electron chi connectivity index (χ2n) is 7.83. The van der Waals surface area contributed by atoms with Crippen LogP contribution in [0, 0.1) is 17.8 Å².